The minimum Gasteiger partial charge on any atom is -0.493 e. The van der Waals surface area contributed by atoms with Gasteiger partial charge in [0.1, 0.15) is 5.76 Å². The molecular weight excluding hydrogens is 442 g/mol. The Morgan fingerprint density at radius 3 is 2.82 bits per heavy atom. The number of nitrogens with zero attached hydrogens (tertiary/aromatic N) is 1. The lowest BCUT2D eigenvalue weighted by Gasteiger charge is -2.61. The zero-order chi connectivity index (χ0) is 24.0. The van der Waals surface area contributed by atoms with Crippen LogP contribution in [0, 0.1) is 0 Å². The number of ether oxygens (including phenoxy) is 5. The Hall–Kier alpha value is -2.62. The highest BCUT2D eigenvalue weighted by atomic mass is 16.8. The van der Waals surface area contributed by atoms with Gasteiger partial charge in [0.25, 0.3) is 0 Å². The van der Waals surface area contributed by atoms with Crippen LogP contribution in [-0.2, 0) is 35.6 Å². The lowest BCUT2D eigenvalue weighted by atomic mass is 9.50. The first-order valence-electron chi connectivity index (χ1n) is 11.7. The van der Waals surface area contributed by atoms with Gasteiger partial charge in [0, 0.05) is 31.9 Å². The standard InChI is InChI=1S/C25H29NO8/c1-23(2)33-16(22(28)34-23)12-18(27)31-15-7-8-25(29)17-11-13-5-6-14(30-4)20-19(13)24(25,21(15)32-20)9-10-26(17)3/h5-7,16-17,21,29H,8-12H2,1-4H3/t16-,17-,21-,24-,25+/m0/s1. The van der Waals surface area contributed by atoms with Crippen LogP contribution < -0.4 is 9.47 Å². The number of hydrogen-bond donors (Lipinski definition) is 1. The minimum atomic E-state index is -1.08. The number of carbonyl (C=O) groups excluding carboxylic acids is 2. The van der Waals surface area contributed by atoms with Crippen molar-refractivity contribution in [1.29, 1.82) is 0 Å². The zero-order valence-corrected chi connectivity index (χ0v) is 19.8. The van der Waals surface area contributed by atoms with Gasteiger partial charge in [-0.25, -0.2) is 4.79 Å². The van der Waals surface area contributed by atoms with Crippen molar-refractivity contribution in [3.05, 3.63) is 35.1 Å². The Kier molecular flexibility index (Phi) is 4.48. The molecule has 2 fully saturated rings. The number of likely N-dealkylation sites (tertiary alicyclic amines) is 1. The van der Waals surface area contributed by atoms with Crippen molar-refractivity contribution in [1.82, 2.24) is 4.90 Å². The molecule has 6 rings (SSSR count). The summed E-state index contributed by atoms with van der Waals surface area (Å²) in [5.74, 6) is -0.709. The first-order chi connectivity index (χ1) is 16.1. The van der Waals surface area contributed by atoms with E-state index in [-0.39, 0.29) is 12.5 Å². The fourth-order valence-corrected chi connectivity index (χ4v) is 6.76. The number of esters is 2. The minimum absolute atomic E-state index is 0.0865. The third-order valence-electron chi connectivity index (χ3n) is 8.18. The SMILES string of the molecule is COc1ccc2c3c1O[C@H]1C(OC(=O)C[C@@H]4OC(C)(C)OC4=O)=CC[C@@]4(O)[C@H](C2)N(C)CC[C@]314. The number of benzene rings is 1. The Bertz CT molecular complexity index is 1130. The van der Waals surface area contributed by atoms with Gasteiger partial charge in [-0.05, 0) is 44.1 Å². The quantitative estimate of drug-likeness (QED) is 0.656. The first-order valence-corrected chi connectivity index (χ1v) is 11.7. The van der Waals surface area contributed by atoms with Gasteiger partial charge >= 0.3 is 11.9 Å². The molecule has 0 unspecified atom stereocenters. The number of likely N-dealkylation sites (N-methyl/N-ethyl adjacent to an activating group) is 1. The summed E-state index contributed by atoms with van der Waals surface area (Å²) in [6.07, 6.45) is 1.48. The first kappa shape index (κ1) is 21.9. The molecule has 1 spiro atoms. The molecule has 2 aliphatic carbocycles. The molecule has 0 amide bonds. The van der Waals surface area contributed by atoms with Crippen LogP contribution in [0.25, 0.3) is 0 Å². The summed E-state index contributed by atoms with van der Waals surface area (Å²) in [7, 11) is 3.63. The highest BCUT2D eigenvalue weighted by Crippen LogP contribution is 2.65. The van der Waals surface area contributed by atoms with Crippen LogP contribution in [0.3, 0.4) is 0 Å². The monoisotopic (exact) mass is 471 g/mol. The second-order valence-corrected chi connectivity index (χ2v) is 10.4. The number of carbonyl (C=O) groups is 2. The Morgan fingerprint density at radius 1 is 1.32 bits per heavy atom. The van der Waals surface area contributed by atoms with Gasteiger partial charge in [-0.15, -0.1) is 0 Å². The van der Waals surface area contributed by atoms with Crippen LogP contribution in [0.15, 0.2) is 24.0 Å². The molecule has 5 aliphatic rings. The molecule has 2 bridgehead atoms. The van der Waals surface area contributed by atoms with Crippen LogP contribution in [-0.4, -0.2) is 72.3 Å². The summed E-state index contributed by atoms with van der Waals surface area (Å²) in [5.41, 5.74) is 0.260. The van der Waals surface area contributed by atoms with Gasteiger partial charge < -0.3 is 33.7 Å². The van der Waals surface area contributed by atoms with E-state index in [0.29, 0.717) is 36.5 Å². The van der Waals surface area contributed by atoms with Crippen molar-refractivity contribution < 1.29 is 38.4 Å². The van der Waals surface area contributed by atoms with E-state index in [9.17, 15) is 14.7 Å². The summed E-state index contributed by atoms with van der Waals surface area (Å²) in [5, 5.41) is 12.2. The van der Waals surface area contributed by atoms with Crippen LogP contribution in [0.4, 0.5) is 0 Å². The number of piperidine rings is 1. The van der Waals surface area contributed by atoms with E-state index >= 15 is 0 Å². The summed E-state index contributed by atoms with van der Waals surface area (Å²) in [4.78, 5) is 27.2. The Balaban J connectivity index is 1.36. The molecule has 0 aromatic heterocycles. The van der Waals surface area contributed by atoms with E-state index in [1.807, 2.05) is 19.2 Å². The van der Waals surface area contributed by atoms with Crippen LogP contribution in [0.1, 0.15) is 44.2 Å². The lowest BCUT2D eigenvalue weighted by Crippen LogP contribution is -2.74. The molecule has 34 heavy (non-hydrogen) atoms. The van der Waals surface area contributed by atoms with E-state index in [2.05, 4.69) is 4.90 Å². The van der Waals surface area contributed by atoms with Crippen molar-refractivity contribution in [2.24, 2.45) is 0 Å². The molecule has 1 aromatic carbocycles. The summed E-state index contributed by atoms with van der Waals surface area (Å²) >= 11 is 0. The topological polar surface area (TPSA) is 104 Å². The molecule has 9 nitrogen and oxygen atoms in total. The third kappa shape index (κ3) is 2.71. The molecule has 5 atom stereocenters. The predicted octanol–water partition coefficient (Wildman–Crippen LogP) is 1.58. The van der Waals surface area contributed by atoms with E-state index in [0.717, 1.165) is 17.7 Å². The van der Waals surface area contributed by atoms with Gasteiger partial charge in [-0.3, -0.25) is 4.79 Å². The van der Waals surface area contributed by atoms with Gasteiger partial charge in [-0.1, -0.05) is 6.07 Å². The second kappa shape index (κ2) is 6.96. The molecule has 0 saturated carbocycles. The lowest BCUT2D eigenvalue weighted by molar-refractivity contribution is -0.171. The fraction of sp³-hybridized carbons (Fsp3) is 0.600. The molecule has 2 saturated heterocycles. The van der Waals surface area contributed by atoms with E-state index in [4.69, 9.17) is 23.7 Å². The summed E-state index contributed by atoms with van der Waals surface area (Å²) in [6, 6.07) is 3.85. The predicted molar refractivity (Wildman–Crippen MR) is 117 cm³/mol. The summed E-state index contributed by atoms with van der Waals surface area (Å²) < 4.78 is 28.5. The maximum Gasteiger partial charge on any atom is 0.338 e. The molecule has 1 aromatic rings. The van der Waals surface area contributed by atoms with Crippen molar-refractivity contribution >= 4 is 11.9 Å². The normalized spacial score (nSPS) is 36.8. The third-order valence-corrected chi connectivity index (χ3v) is 8.18. The molecule has 1 N–H and O–H groups in total. The fourth-order valence-electron chi connectivity index (χ4n) is 6.76. The van der Waals surface area contributed by atoms with Crippen molar-refractivity contribution in [3.63, 3.8) is 0 Å². The second-order valence-electron chi connectivity index (χ2n) is 10.4. The summed E-state index contributed by atoms with van der Waals surface area (Å²) in [6.45, 7) is 4.02. The van der Waals surface area contributed by atoms with Crippen LogP contribution in [0.2, 0.25) is 0 Å². The number of aliphatic hydroxyl groups is 1. The molecule has 182 valence electrons. The average Bonchev–Trinajstić information content (AvgIpc) is 3.25. The number of methoxy groups -OCH3 is 1. The molecule has 3 heterocycles. The molecular formula is C25H29NO8. The highest BCUT2D eigenvalue weighted by Gasteiger charge is 2.72. The highest BCUT2D eigenvalue weighted by molar-refractivity contribution is 5.83. The molecule has 3 aliphatic heterocycles. The van der Waals surface area contributed by atoms with E-state index in [1.165, 1.54) is 0 Å². The average molecular weight is 472 g/mol. The van der Waals surface area contributed by atoms with Gasteiger partial charge in [0.2, 0.25) is 5.79 Å². The number of cyclic esters (lactones) is 1. The Labute approximate surface area is 197 Å². The van der Waals surface area contributed by atoms with Crippen molar-refractivity contribution in [2.75, 3.05) is 20.7 Å². The van der Waals surface area contributed by atoms with Gasteiger partial charge in [-0.2, -0.15) is 0 Å². The zero-order valence-electron chi connectivity index (χ0n) is 19.8. The van der Waals surface area contributed by atoms with E-state index in [1.54, 1.807) is 27.0 Å². The number of hydrogen-bond acceptors (Lipinski definition) is 9. The van der Waals surface area contributed by atoms with Gasteiger partial charge in [0.15, 0.2) is 23.7 Å². The van der Waals surface area contributed by atoms with Gasteiger partial charge in [0.05, 0.1) is 24.5 Å². The largest absolute Gasteiger partial charge is 0.493 e. The van der Waals surface area contributed by atoms with Crippen molar-refractivity contribution in [2.45, 2.75) is 74.6 Å². The number of rotatable bonds is 4. The maximum atomic E-state index is 12.9. The Morgan fingerprint density at radius 2 is 2.12 bits per heavy atom. The smallest absolute Gasteiger partial charge is 0.338 e. The molecule has 9 heteroatoms. The van der Waals surface area contributed by atoms with Crippen LogP contribution in [0.5, 0.6) is 11.5 Å². The van der Waals surface area contributed by atoms with E-state index < -0.39 is 40.9 Å². The molecule has 0 radical (unpaired) electrons. The van der Waals surface area contributed by atoms with Crippen molar-refractivity contribution in [3.8, 4) is 11.5 Å². The van der Waals surface area contributed by atoms with Crippen LogP contribution >= 0.6 is 0 Å². The maximum absolute atomic E-state index is 12.9.